The molecule has 0 aliphatic carbocycles. The first-order valence-corrected chi connectivity index (χ1v) is 7.56. The third-order valence-corrected chi connectivity index (χ3v) is 4.92. The molecule has 0 saturated carbocycles. The van der Waals surface area contributed by atoms with Gasteiger partial charge in [-0.2, -0.15) is 0 Å². The van der Waals surface area contributed by atoms with E-state index in [1.165, 1.54) is 25.7 Å². The molecule has 2 fully saturated rings. The maximum Gasteiger partial charge on any atom is 0.0606 e. The second-order valence-corrected chi connectivity index (χ2v) is 6.25. The molecule has 18 heavy (non-hydrogen) atoms. The fourth-order valence-corrected chi connectivity index (χ4v) is 3.41. The smallest absolute Gasteiger partial charge is 0.0606 e. The first kappa shape index (κ1) is 13.9. The zero-order valence-electron chi connectivity index (χ0n) is 12.4. The lowest BCUT2D eigenvalue weighted by molar-refractivity contribution is 0.238. The van der Waals surface area contributed by atoms with E-state index in [0.29, 0.717) is 0 Å². The second kappa shape index (κ2) is 6.08. The van der Waals surface area contributed by atoms with Crippen LogP contribution in [0.2, 0.25) is 0 Å². The number of nitrogens with zero attached hydrogens (tertiary/aromatic N) is 2. The summed E-state index contributed by atoms with van der Waals surface area (Å²) in [6.07, 6.45) is 5.35. The van der Waals surface area contributed by atoms with Gasteiger partial charge in [-0.25, -0.2) is 0 Å². The van der Waals surface area contributed by atoms with Crippen molar-refractivity contribution in [3.63, 3.8) is 0 Å². The summed E-state index contributed by atoms with van der Waals surface area (Å²) < 4.78 is 0. The van der Waals surface area contributed by atoms with Gasteiger partial charge in [-0.3, -0.25) is 9.80 Å². The molecule has 2 saturated heterocycles. The van der Waals surface area contributed by atoms with Crippen molar-refractivity contribution in [3.05, 3.63) is 0 Å². The van der Waals surface area contributed by atoms with E-state index >= 15 is 0 Å². The van der Waals surface area contributed by atoms with Crippen LogP contribution in [0.1, 0.15) is 53.4 Å². The molecule has 0 aromatic rings. The predicted molar refractivity (Wildman–Crippen MR) is 77.5 cm³/mol. The summed E-state index contributed by atoms with van der Waals surface area (Å²) in [5.41, 5.74) is 0. The van der Waals surface area contributed by atoms with Crippen molar-refractivity contribution in [1.82, 2.24) is 9.80 Å². The van der Waals surface area contributed by atoms with Gasteiger partial charge in [-0.1, -0.05) is 11.8 Å². The zero-order chi connectivity index (χ0) is 13.1. The topological polar surface area (TPSA) is 6.48 Å². The molecule has 2 heteroatoms. The van der Waals surface area contributed by atoms with Gasteiger partial charge >= 0.3 is 0 Å². The Kier molecular flexibility index (Phi) is 4.70. The van der Waals surface area contributed by atoms with Crippen LogP contribution in [-0.2, 0) is 0 Å². The van der Waals surface area contributed by atoms with Crippen LogP contribution in [0.4, 0.5) is 0 Å². The highest BCUT2D eigenvalue weighted by Crippen LogP contribution is 2.23. The average molecular weight is 248 g/mol. The largest absolute Gasteiger partial charge is 0.287 e. The van der Waals surface area contributed by atoms with Crippen molar-refractivity contribution >= 4 is 0 Å². The quantitative estimate of drug-likeness (QED) is 0.693. The average Bonchev–Trinajstić information content (AvgIpc) is 2.82. The molecule has 2 aliphatic heterocycles. The summed E-state index contributed by atoms with van der Waals surface area (Å²) in [6, 6.07) is 2.88. The van der Waals surface area contributed by atoms with Gasteiger partial charge in [0.15, 0.2) is 0 Å². The van der Waals surface area contributed by atoms with Gasteiger partial charge in [0.1, 0.15) is 0 Å². The van der Waals surface area contributed by atoms with Crippen LogP contribution in [0.3, 0.4) is 0 Å². The van der Waals surface area contributed by atoms with Gasteiger partial charge in [0, 0.05) is 24.2 Å². The minimum absolute atomic E-state index is 0.721. The molecule has 2 aliphatic rings. The minimum Gasteiger partial charge on any atom is -0.287 e. The van der Waals surface area contributed by atoms with E-state index in [0.717, 1.165) is 37.3 Å². The third kappa shape index (κ3) is 3.08. The number of hydrogen-bond acceptors (Lipinski definition) is 2. The van der Waals surface area contributed by atoms with Crippen molar-refractivity contribution in [3.8, 4) is 11.8 Å². The molecule has 0 aromatic carbocycles. The number of likely N-dealkylation sites (tertiary alicyclic amines) is 2. The van der Waals surface area contributed by atoms with Crippen molar-refractivity contribution in [2.75, 3.05) is 13.1 Å². The molecule has 0 N–H and O–H groups in total. The van der Waals surface area contributed by atoms with E-state index < -0.39 is 0 Å². The van der Waals surface area contributed by atoms with Crippen LogP contribution in [0, 0.1) is 11.8 Å². The van der Waals surface area contributed by atoms with Crippen LogP contribution in [0.15, 0.2) is 0 Å². The third-order valence-electron chi connectivity index (χ3n) is 4.92. The van der Waals surface area contributed by atoms with Crippen LogP contribution >= 0.6 is 0 Å². The van der Waals surface area contributed by atoms with E-state index in [2.05, 4.69) is 49.3 Å². The molecule has 102 valence electrons. The fraction of sp³-hybridized carbons (Fsp3) is 0.875. The number of hydrogen-bond donors (Lipinski definition) is 0. The molecule has 0 radical (unpaired) electrons. The Bertz CT molecular complexity index is 278. The maximum absolute atomic E-state index is 3.39. The fourth-order valence-electron chi connectivity index (χ4n) is 3.41. The lowest BCUT2D eigenvalue weighted by atomic mass is 10.2. The standard InChI is InChI=1S/C16H28N2/c1-13-7-8-14(2)17(13)11-5-6-12-18-15(3)9-10-16(18)4/h13-16H,7-12H2,1-4H3/t13-,14-,15-,16+/m0/s1. The summed E-state index contributed by atoms with van der Waals surface area (Å²) in [4.78, 5) is 5.09. The van der Waals surface area contributed by atoms with Crippen LogP contribution in [0.25, 0.3) is 0 Å². The highest BCUT2D eigenvalue weighted by molar-refractivity contribution is 5.06. The molecular weight excluding hydrogens is 220 g/mol. The lowest BCUT2D eigenvalue weighted by Gasteiger charge is -2.24. The number of rotatable bonds is 2. The maximum atomic E-state index is 3.39. The van der Waals surface area contributed by atoms with Crippen molar-refractivity contribution < 1.29 is 0 Å². The van der Waals surface area contributed by atoms with E-state index in [-0.39, 0.29) is 0 Å². The molecule has 2 rings (SSSR count). The Hall–Kier alpha value is -0.520. The van der Waals surface area contributed by atoms with Gasteiger partial charge in [0.05, 0.1) is 13.1 Å². The Morgan fingerprint density at radius 3 is 1.22 bits per heavy atom. The molecule has 0 amide bonds. The molecular formula is C16H28N2. The molecule has 2 heterocycles. The Labute approximate surface area is 113 Å². The summed E-state index contributed by atoms with van der Waals surface area (Å²) >= 11 is 0. The molecule has 2 nitrogen and oxygen atoms in total. The molecule has 0 bridgehead atoms. The highest BCUT2D eigenvalue weighted by atomic mass is 15.2. The van der Waals surface area contributed by atoms with Crippen LogP contribution in [-0.4, -0.2) is 47.1 Å². The summed E-state index contributed by atoms with van der Waals surface area (Å²) in [5, 5.41) is 0. The molecule has 0 aromatic heterocycles. The Morgan fingerprint density at radius 2 is 0.944 bits per heavy atom. The normalized spacial score (nSPS) is 37.8. The SMILES string of the molecule is C[C@@H]1CC[C@H](C)N1CC#CCN1[C@@H](C)CC[C@@H]1C. The minimum atomic E-state index is 0.721. The van der Waals surface area contributed by atoms with Crippen LogP contribution in [0.5, 0.6) is 0 Å². The van der Waals surface area contributed by atoms with Crippen molar-refractivity contribution in [2.45, 2.75) is 77.5 Å². The summed E-state index contributed by atoms with van der Waals surface area (Å²) in [7, 11) is 0. The van der Waals surface area contributed by atoms with Crippen molar-refractivity contribution in [2.24, 2.45) is 0 Å². The van der Waals surface area contributed by atoms with Gasteiger partial charge in [0.25, 0.3) is 0 Å². The first-order chi connectivity index (χ1) is 8.59. The Morgan fingerprint density at radius 1 is 0.667 bits per heavy atom. The van der Waals surface area contributed by atoms with E-state index in [4.69, 9.17) is 0 Å². The monoisotopic (exact) mass is 248 g/mol. The van der Waals surface area contributed by atoms with E-state index in [9.17, 15) is 0 Å². The van der Waals surface area contributed by atoms with Crippen molar-refractivity contribution in [1.29, 1.82) is 0 Å². The summed E-state index contributed by atoms with van der Waals surface area (Å²) in [5.74, 6) is 6.78. The molecule has 0 spiro atoms. The predicted octanol–water partition coefficient (Wildman–Crippen LogP) is 2.74. The second-order valence-electron chi connectivity index (χ2n) is 6.25. The van der Waals surface area contributed by atoms with Crippen LogP contribution < -0.4 is 0 Å². The van der Waals surface area contributed by atoms with E-state index in [1.54, 1.807) is 0 Å². The lowest BCUT2D eigenvalue weighted by Crippen LogP contribution is -2.34. The molecule has 4 atom stereocenters. The Balaban J connectivity index is 1.79. The van der Waals surface area contributed by atoms with Gasteiger partial charge in [0.2, 0.25) is 0 Å². The highest BCUT2D eigenvalue weighted by Gasteiger charge is 2.27. The first-order valence-electron chi connectivity index (χ1n) is 7.56. The van der Waals surface area contributed by atoms with Gasteiger partial charge in [-0.05, 0) is 53.4 Å². The van der Waals surface area contributed by atoms with E-state index in [1.807, 2.05) is 0 Å². The zero-order valence-corrected chi connectivity index (χ0v) is 12.4. The summed E-state index contributed by atoms with van der Waals surface area (Å²) in [6.45, 7) is 11.2. The molecule has 0 unspecified atom stereocenters. The van der Waals surface area contributed by atoms with Gasteiger partial charge < -0.3 is 0 Å². The van der Waals surface area contributed by atoms with Gasteiger partial charge in [-0.15, -0.1) is 0 Å².